The number of rotatable bonds is 8. The second kappa shape index (κ2) is 18.7. The zero-order chi connectivity index (χ0) is 37.5. The number of aryl methyl sites for hydroxylation is 2. The first kappa shape index (κ1) is 41.3. The van der Waals surface area contributed by atoms with Gasteiger partial charge in [-0.25, -0.2) is 0 Å². The van der Waals surface area contributed by atoms with Crippen LogP contribution in [0.2, 0.25) is 13.1 Å². The van der Waals surface area contributed by atoms with E-state index in [4.69, 9.17) is 0 Å². The Morgan fingerprint density at radius 2 is 0.833 bits per heavy atom. The van der Waals surface area contributed by atoms with Gasteiger partial charge in [0.2, 0.25) is 0 Å². The minimum absolute atomic E-state index is 0. The summed E-state index contributed by atoms with van der Waals surface area (Å²) in [5.74, 6) is 0. The molecule has 0 amide bonds. The van der Waals surface area contributed by atoms with Crippen LogP contribution in [0.3, 0.4) is 0 Å². The van der Waals surface area contributed by atoms with Gasteiger partial charge in [0.15, 0.2) is 0 Å². The van der Waals surface area contributed by atoms with Crippen molar-refractivity contribution in [3.63, 3.8) is 0 Å². The fourth-order valence-electron chi connectivity index (χ4n) is 8.03. The number of benzene rings is 6. The normalized spacial score (nSPS) is 11.3. The summed E-state index contributed by atoms with van der Waals surface area (Å²) in [6, 6.07) is 50.4. The molecule has 272 valence electrons. The minimum Gasteiger partial charge on any atom is -0.343 e. The molecular formula is C52H56SiZr. The molecule has 0 atom stereocenters. The molecule has 2 heteroatoms. The van der Waals surface area contributed by atoms with Gasteiger partial charge in [-0.3, -0.25) is 0 Å². The standard InChI is InChI=1S/C44H38Si.2C4H9.Zr/c1-5-29-27-33-19-13-25-39(43(33)41(29)37-23-11-17-31-15-7-9-21-35(31)37)45(3,4)40-26-14-20-34-28-30(6-2)42(44(34)40)38-24-12-18-32-16-8-10-22-36(32)38;2*1-3-4-2;/h7-28H,5-6H2,1-4H3;2*1,3-4H2,2H3;/q-2;2*-1;+4. The van der Waals surface area contributed by atoms with E-state index in [1.165, 1.54) is 99.7 Å². The van der Waals surface area contributed by atoms with Crippen molar-refractivity contribution >= 4 is 61.5 Å². The van der Waals surface area contributed by atoms with Gasteiger partial charge in [0.1, 0.15) is 0 Å². The maximum Gasteiger partial charge on any atom is 4.00 e. The molecule has 0 N–H and O–H groups in total. The fourth-order valence-corrected chi connectivity index (χ4v) is 11.1. The van der Waals surface area contributed by atoms with Crippen LogP contribution in [0, 0.1) is 13.8 Å². The molecule has 0 spiro atoms. The minimum atomic E-state index is -2.25. The van der Waals surface area contributed by atoms with Crippen LogP contribution >= 0.6 is 0 Å². The van der Waals surface area contributed by atoms with E-state index in [0.717, 1.165) is 25.7 Å². The van der Waals surface area contributed by atoms with Crippen LogP contribution in [0.25, 0.3) is 65.3 Å². The number of hydrogen-bond donors (Lipinski definition) is 0. The average Bonchev–Trinajstić information content (AvgIpc) is 3.79. The fraction of sp³-hybridized carbons (Fsp3) is 0.231. The molecule has 0 saturated heterocycles. The van der Waals surface area contributed by atoms with E-state index < -0.39 is 8.07 Å². The molecular weight excluding hydrogens is 744 g/mol. The second-order valence-corrected chi connectivity index (χ2v) is 19.0. The third-order valence-corrected chi connectivity index (χ3v) is 14.5. The van der Waals surface area contributed by atoms with E-state index >= 15 is 0 Å². The van der Waals surface area contributed by atoms with E-state index in [0.29, 0.717) is 0 Å². The van der Waals surface area contributed by atoms with Crippen LogP contribution in [0.5, 0.6) is 0 Å². The van der Waals surface area contributed by atoms with Crippen LogP contribution < -0.4 is 10.4 Å². The molecule has 0 aliphatic carbocycles. The van der Waals surface area contributed by atoms with Crippen molar-refractivity contribution < 1.29 is 26.2 Å². The summed E-state index contributed by atoms with van der Waals surface area (Å²) in [4.78, 5) is 0. The molecule has 8 aromatic carbocycles. The Labute approximate surface area is 345 Å². The Hall–Kier alpha value is -3.84. The topological polar surface area (TPSA) is 0 Å². The van der Waals surface area contributed by atoms with E-state index in [-0.39, 0.29) is 26.2 Å². The van der Waals surface area contributed by atoms with E-state index in [9.17, 15) is 0 Å². The molecule has 0 fully saturated rings. The van der Waals surface area contributed by atoms with Gasteiger partial charge in [-0.15, -0.1) is 80.2 Å². The number of fused-ring (bicyclic) bond motifs is 4. The third-order valence-electron chi connectivity index (χ3n) is 10.9. The molecule has 8 aromatic rings. The van der Waals surface area contributed by atoms with Crippen LogP contribution in [0.1, 0.15) is 64.5 Å². The monoisotopic (exact) mass is 798 g/mol. The second-order valence-electron chi connectivity index (χ2n) is 14.7. The van der Waals surface area contributed by atoms with Gasteiger partial charge in [0, 0.05) is 0 Å². The zero-order valence-electron chi connectivity index (χ0n) is 33.4. The van der Waals surface area contributed by atoms with Gasteiger partial charge in [-0.1, -0.05) is 172 Å². The molecule has 0 radical (unpaired) electrons. The van der Waals surface area contributed by atoms with E-state index in [2.05, 4.69) is 188 Å². The van der Waals surface area contributed by atoms with E-state index in [1.54, 1.807) is 0 Å². The zero-order valence-corrected chi connectivity index (χ0v) is 36.8. The third kappa shape index (κ3) is 7.94. The maximum absolute atomic E-state index is 3.60. The summed E-state index contributed by atoms with van der Waals surface area (Å²) in [6.45, 7) is 21.2. The van der Waals surface area contributed by atoms with Gasteiger partial charge in [-0.05, 0) is 34.4 Å². The molecule has 0 nitrogen and oxygen atoms in total. The van der Waals surface area contributed by atoms with Crippen molar-refractivity contribution in [2.75, 3.05) is 0 Å². The summed E-state index contributed by atoms with van der Waals surface area (Å²) in [7, 11) is -2.25. The van der Waals surface area contributed by atoms with Crippen molar-refractivity contribution in [1.82, 2.24) is 0 Å². The van der Waals surface area contributed by atoms with Gasteiger partial charge >= 0.3 is 26.2 Å². The number of unbranched alkanes of at least 4 members (excludes halogenated alkanes) is 2. The SMILES string of the molecule is CCc1[cH-]c2cccc([Si](C)(C)c3cccc4[cH-]c(CC)c(-c5cccc6ccccc56)c34)c2c1-c1cccc2ccccc12.[CH2-]CCC.[CH2-]CCC.[Zr+4]. The first-order valence-corrected chi connectivity index (χ1v) is 22.8. The molecule has 54 heavy (non-hydrogen) atoms. The molecule has 0 aliphatic heterocycles. The van der Waals surface area contributed by atoms with Gasteiger partial charge in [0.25, 0.3) is 0 Å². The van der Waals surface area contributed by atoms with Crippen LogP contribution in [-0.2, 0) is 39.0 Å². The van der Waals surface area contributed by atoms with Crippen molar-refractivity contribution in [1.29, 1.82) is 0 Å². The first-order chi connectivity index (χ1) is 25.8. The molecule has 0 unspecified atom stereocenters. The van der Waals surface area contributed by atoms with Gasteiger partial charge in [0.05, 0.1) is 8.07 Å². The molecule has 8 rings (SSSR count). The summed E-state index contributed by atoms with van der Waals surface area (Å²) in [6.07, 6.45) is 6.58. The van der Waals surface area contributed by atoms with Crippen molar-refractivity contribution in [2.45, 2.75) is 79.3 Å². The Balaban J connectivity index is 0.000000570. The Morgan fingerprint density at radius 3 is 1.20 bits per heavy atom. The van der Waals surface area contributed by atoms with Crippen LogP contribution in [0.4, 0.5) is 0 Å². The van der Waals surface area contributed by atoms with Crippen LogP contribution in [0.15, 0.2) is 133 Å². The average molecular weight is 800 g/mol. The molecule has 0 aliphatic rings. The predicted molar refractivity (Wildman–Crippen MR) is 241 cm³/mol. The van der Waals surface area contributed by atoms with Gasteiger partial charge < -0.3 is 13.8 Å². The first-order valence-electron chi connectivity index (χ1n) is 19.8. The summed E-state index contributed by atoms with van der Waals surface area (Å²) >= 11 is 0. The summed E-state index contributed by atoms with van der Waals surface area (Å²) < 4.78 is 0. The molecule has 0 bridgehead atoms. The van der Waals surface area contributed by atoms with Crippen LogP contribution in [-0.4, -0.2) is 8.07 Å². The van der Waals surface area contributed by atoms with Crippen molar-refractivity contribution in [2.24, 2.45) is 0 Å². The largest absolute Gasteiger partial charge is 4.00 e. The van der Waals surface area contributed by atoms with Crippen molar-refractivity contribution in [3.8, 4) is 22.3 Å². The Kier molecular flexibility index (Phi) is 14.3. The quantitative estimate of drug-likeness (QED) is 0.106. The summed E-state index contributed by atoms with van der Waals surface area (Å²) in [5.41, 5.74) is 8.45. The Bertz CT molecular complexity index is 2270. The molecule has 0 heterocycles. The maximum atomic E-state index is 3.60. The molecule has 0 aromatic heterocycles. The number of hydrogen-bond acceptors (Lipinski definition) is 0. The smallest absolute Gasteiger partial charge is 0.343 e. The van der Waals surface area contributed by atoms with E-state index in [1.807, 2.05) is 0 Å². The predicted octanol–water partition coefficient (Wildman–Crippen LogP) is 14.3. The van der Waals surface area contributed by atoms with Crippen molar-refractivity contribution in [3.05, 3.63) is 158 Å². The summed E-state index contributed by atoms with van der Waals surface area (Å²) in [5, 5.41) is 14.0. The molecule has 0 saturated carbocycles. The Morgan fingerprint density at radius 1 is 0.481 bits per heavy atom. The van der Waals surface area contributed by atoms with Gasteiger partial charge in [-0.2, -0.15) is 12.8 Å².